The minimum absolute atomic E-state index is 0.120. The minimum atomic E-state index is -0.969. The Hall–Kier alpha value is -1.04. The van der Waals surface area contributed by atoms with Crippen molar-refractivity contribution in [2.24, 2.45) is 0 Å². The summed E-state index contributed by atoms with van der Waals surface area (Å²) < 4.78 is 0. The molecule has 0 spiro atoms. The number of carbonyl (C=O) groups excluding carboxylic acids is 2. The molecule has 0 aliphatic carbocycles. The van der Waals surface area contributed by atoms with Gasteiger partial charge >= 0.3 is 5.97 Å². The van der Waals surface area contributed by atoms with Crippen molar-refractivity contribution in [2.45, 2.75) is 31.6 Å². The first-order valence-corrected chi connectivity index (χ1v) is 5.67. The first-order valence-electron chi connectivity index (χ1n) is 4.62. The number of thioether (sulfide) groups is 1. The Balaban J connectivity index is 2.61. The van der Waals surface area contributed by atoms with E-state index in [2.05, 4.69) is 0 Å². The highest BCUT2D eigenvalue weighted by molar-refractivity contribution is 8.01. The Bertz CT molecular complexity index is 302. The van der Waals surface area contributed by atoms with Gasteiger partial charge in [0.05, 0.1) is 11.0 Å². The van der Waals surface area contributed by atoms with Gasteiger partial charge in [-0.05, 0) is 13.8 Å². The summed E-state index contributed by atoms with van der Waals surface area (Å²) in [5.41, 5.74) is 0. The van der Waals surface area contributed by atoms with Gasteiger partial charge in [0.2, 0.25) is 11.8 Å². The van der Waals surface area contributed by atoms with Crippen molar-refractivity contribution in [2.75, 3.05) is 5.75 Å². The number of carboxylic acid groups (broad SMARTS) is 1. The van der Waals surface area contributed by atoms with Gasteiger partial charge in [0.1, 0.15) is 0 Å². The van der Waals surface area contributed by atoms with Crippen LogP contribution in [0.3, 0.4) is 0 Å². The molecule has 0 saturated carbocycles. The maximum Gasteiger partial charge on any atom is 0.313 e. The molecule has 1 aliphatic rings. The molecule has 1 N–H and O–H groups in total. The molecule has 0 aromatic heterocycles. The summed E-state index contributed by atoms with van der Waals surface area (Å²) >= 11 is 1.01. The number of likely N-dealkylation sites (tertiary alicyclic amines) is 1. The highest BCUT2D eigenvalue weighted by Crippen LogP contribution is 2.26. The van der Waals surface area contributed by atoms with E-state index >= 15 is 0 Å². The summed E-state index contributed by atoms with van der Waals surface area (Å²) in [5, 5.41) is 7.95. The second-order valence-electron chi connectivity index (χ2n) is 3.59. The van der Waals surface area contributed by atoms with Crippen LogP contribution in [0.25, 0.3) is 0 Å². The molecule has 1 fully saturated rings. The topological polar surface area (TPSA) is 74.7 Å². The molecular formula is C9H13NO4S. The first-order chi connectivity index (χ1) is 6.93. The normalized spacial score (nSPS) is 21.5. The summed E-state index contributed by atoms with van der Waals surface area (Å²) in [5.74, 6) is -1.59. The predicted molar refractivity (Wildman–Crippen MR) is 55.5 cm³/mol. The summed E-state index contributed by atoms with van der Waals surface area (Å²) in [6.07, 6.45) is 0.120. The van der Waals surface area contributed by atoms with Crippen LogP contribution in [0.1, 0.15) is 20.3 Å². The van der Waals surface area contributed by atoms with E-state index in [4.69, 9.17) is 5.11 Å². The Kier molecular flexibility index (Phi) is 3.73. The van der Waals surface area contributed by atoms with Crippen molar-refractivity contribution in [1.29, 1.82) is 0 Å². The first kappa shape index (κ1) is 12.0. The number of aliphatic carboxylic acids is 1. The minimum Gasteiger partial charge on any atom is -0.481 e. The molecule has 84 valence electrons. The Labute approximate surface area is 91.8 Å². The van der Waals surface area contributed by atoms with E-state index in [1.54, 1.807) is 13.8 Å². The fourth-order valence-electron chi connectivity index (χ4n) is 1.47. The summed E-state index contributed by atoms with van der Waals surface area (Å²) in [6.45, 7) is 3.53. The number of imide groups is 1. The number of nitrogens with zero attached hydrogens (tertiary/aromatic N) is 1. The molecular weight excluding hydrogens is 218 g/mol. The second kappa shape index (κ2) is 4.65. The molecule has 1 saturated heterocycles. The standard InChI is InChI=1S/C9H13NO4S/c1-5(2)10-7(11)3-6(9(10)14)15-4-8(12)13/h5-6H,3-4H2,1-2H3,(H,12,13). The van der Waals surface area contributed by atoms with Crippen LogP contribution >= 0.6 is 11.8 Å². The van der Waals surface area contributed by atoms with Gasteiger partial charge in [0.15, 0.2) is 0 Å². The summed E-state index contributed by atoms with van der Waals surface area (Å²) in [7, 11) is 0. The molecule has 1 atom stereocenters. The summed E-state index contributed by atoms with van der Waals surface area (Å²) in [4.78, 5) is 34.6. The molecule has 0 aromatic rings. The third-order valence-corrected chi connectivity index (χ3v) is 3.25. The van der Waals surface area contributed by atoms with Gasteiger partial charge in [-0.25, -0.2) is 0 Å². The second-order valence-corrected chi connectivity index (χ2v) is 4.78. The van der Waals surface area contributed by atoms with Gasteiger partial charge < -0.3 is 5.11 Å². The van der Waals surface area contributed by atoms with Gasteiger partial charge in [-0.15, -0.1) is 11.8 Å². The average Bonchev–Trinajstić information content (AvgIpc) is 2.37. The lowest BCUT2D eigenvalue weighted by atomic mass is 10.3. The van der Waals surface area contributed by atoms with Gasteiger partial charge in [-0.1, -0.05) is 0 Å². The van der Waals surface area contributed by atoms with E-state index in [9.17, 15) is 14.4 Å². The van der Waals surface area contributed by atoms with Crippen LogP contribution in [-0.4, -0.2) is 44.8 Å². The number of hydrogen-bond acceptors (Lipinski definition) is 4. The number of amides is 2. The lowest BCUT2D eigenvalue weighted by Crippen LogP contribution is -2.37. The molecule has 2 amide bonds. The molecule has 6 heteroatoms. The Morgan fingerprint density at radius 1 is 1.60 bits per heavy atom. The molecule has 0 aromatic carbocycles. The molecule has 1 rings (SSSR count). The van der Waals surface area contributed by atoms with E-state index in [0.717, 1.165) is 11.8 Å². The lowest BCUT2D eigenvalue weighted by Gasteiger charge is -2.18. The van der Waals surface area contributed by atoms with Gasteiger partial charge in [0, 0.05) is 12.5 Å². The molecule has 1 aliphatic heterocycles. The monoisotopic (exact) mass is 231 g/mol. The zero-order valence-corrected chi connectivity index (χ0v) is 9.41. The van der Waals surface area contributed by atoms with Gasteiger partial charge in [-0.2, -0.15) is 0 Å². The van der Waals surface area contributed by atoms with E-state index in [-0.39, 0.29) is 30.0 Å². The van der Waals surface area contributed by atoms with Crippen molar-refractivity contribution >= 4 is 29.5 Å². The van der Waals surface area contributed by atoms with E-state index < -0.39 is 11.2 Å². The van der Waals surface area contributed by atoms with Crippen molar-refractivity contribution in [3.8, 4) is 0 Å². The molecule has 1 unspecified atom stereocenters. The van der Waals surface area contributed by atoms with Crippen LogP contribution in [0, 0.1) is 0 Å². The van der Waals surface area contributed by atoms with E-state index in [1.165, 1.54) is 4.90 Å². The predicted octanol–water partition coefficient (Wildman–Crippen LogP) is 0.340. The van der Waals surface area contributed by atoms with Crippen molar-refractivity contribution in [3.63, 3.8) is 0 Å². The van der Waals surface area contributed by atoms with Gasteiger partial charge in [-0.3, -0.25) is 19.3 Å². The molecule has 1 heterocycles. The fraction of sp³-hybridized carbons (Fsp3) is 0.667. The number of hydrogen-bond donors (Lipinski definition) is 1. The van der Waals surface area contributed by atoms with Crippen LogP contribution in [0.15, 0.2) is 0 Å². The largest absolute Gasteiger partial charge is 0.481 e. The number of carbonyl (C=O) groups is 3. The number of carboxylic acids is 1. The van der Waals surface area contributed by atoms with Crippen LogP contribution in [0.4, 0.5) is 0 Å². The van der Waals surface area contributed by atoms with Crippen molar-refractivity contribution in [3.05, 3.63) is 0 Å². The van der Waals surface area contributed by atoms with E-state index in [0.29, 0.717) is 0 Å². The number of rotatable bonds is 4. The highest BCUT2D eigenvalue weighted by atomic mass is 32.2. The lowest BCUT2D eigenvalue weighted by molar-refractivity contribution is -0.140. The van der Waals surface area contributed by atoms with Crippen LogP contribution in [-0.2, 0) is 14.4 Å². The van der Waals surface area contributed by atoms with Crippen LogP contribution < -0.4 is 0 Å². The maximum absolute atomic E-state index is 11.7. The quantitative estimate of drug-likeness (QED) is 0.706. The third kappa shape index (κ3) is 2.71. The molecule has 5 nitrogen and oxygen atoms in total. The van der Waals surface area contributed by atoms with Gasteiger partial charge in [0.25, 0.3) is 0 Å². The van der Waals surface area contributed by atoms with Crippen molar-refractivity contribution < 1.29 is 19.5 Å². The smallest absolute Gasteiger partial charge is 0.313 e. The third-order valence-electron chi connectivity index (χ3n) is 2.07. The molecule has 0 bridgehead atoms. The van der Waals surface area contributed by atoms with E-state index in [1.807, 2.05) is 0 Å². The van der Waals surface area contributed by atoms with Crippen LogP contribution in [0.2, 0.25) is 0 Å². The fourth-order valence-corrected chi connectivity index (χ4v) is 2.33. The zero-order chi connectivity index (χ0) is 11.6. The summed E-state index contributed by atoms with van der Waals surface area (Å²) in [6, 6.07) is -0.152. The SMILES string of the molecule is CC(C)N1C(=O)CC(SCC(=O)O)C1=O. The zero-order valence-electron chi connectivity index (χ0n) is 8.60. The molecule has 0 radical (unpaired) electrons. The van der Waals surface area contributed by atoms with Crippen LogP contribution in [0.5, 0.6) is 0 Å². The highest BCUT2D eigenvalue weighted by Gasteiger charge is 2.40. The Morgan fingerprint density at radius 3 is 2.60 bits per heavy atom. The average molecular weight is 231 g/mol. The Morgan fingerprint density at radius 2 is 2.20 bits per heavy atom. The van der Waals surface area contributed by atoms with Crippen molar-refractivity contribution in [1.82, 2.24) is 4.90 Å². The molecule has 15 heavy (non-hydrogen) atoms. The maximum atomic E-state index is 11.7.